The molecule has 2 aromatic rings. The summed E-state index contributed by atoms with van der Waals surface area (Å²) in [7, 11) is 1.68. The van der Waals surface area contributed by atoms with Gasteiger partial charge in [-0.05, 0) is 59.2 Å². The Bertz CT molecular complexity index is 886. The van der Waals surface area contributed by atoms with E-state index in [1.54, 1.807) is 19.2 Å². The number of hydrogen-bond donors (Lipinski definition) is 1. The first-order valence-corrected chi connectivity index (χ1v) is 9.30. The zero-order valence-electron chi connectivity index (χ0n) is 16.3. The van der Waals surface area contributed by atoms with E-state index in [-0.39, 0.29) is 23.1 Å². The highest BCUT2D eigenvalue weighted by Gasteiger charge is 2.37. The van der Waals surface area contributed by atoms with Crippen molar-refractivity contribution >= 4 is 17.2 Å². The van der Waals surface area contributed by atoms with Crippen molar-refractivity contribution in [1.29, 1.82) is 0 Å². The number of hydrogen-bond acceptors (Lipinski definition) is 2. The SMILES string of the molecule is CCc1ccc(C2=CC(C(=O)Nc3cccc(F)c3)CC2(C)C)cc1OC. The molecular weight excluding hydrogens is 341 g/mol. The largest absolute Gasteiger partial charge is 0.496 e. The van der Waals surface area contributed by atoms with Crippen LogP contribution in [0.3, 0.4) is 0 Å². The van der Waals surface area contributed by atoms with Gasteiger partial charge in [-0.25, -0.2) is 4.39 Å². The maximum absolute atomic E-state index is 13.4. The van der Waals surface area contributed by atoms with Gasteiger partial charge in [-0.3, -0.25) is 4.79 Å². The molecule has 1 amide bonds. The van der Waals surface area contributed by atoms with Crippen LogP contribution in [0, 0.1) is 17.2 Å². The maximum atomic E-state index is 13.4. The minimum absolute atomic E-state index is 0.110. The number of methoxy groups -OCH3 is 1. The fourth-order valence-corrected chi connectivity index (χ4v) is 3.81. The Balaban J connectivity index is 1.86. The van der Waals surface area contributed by atoms with E-state index in [0.29, 0.717) is 12.1 Å². The Kier molecular flexibility index (Phi) is 5.36. The number of aryl methyl sites for hydroxylation is 1. The van der Waals surface area contributed by atoms with Gasteiger partial charge in [0.1, 0.15) is 11.6 Å². The summed E-state index contributed by atoms with van der Waals surface area (Å²) in [5, 5.41) is 2.83. The summed E-state index contributed by atoms with van der Waals surface area (Å²) in [6.45, 7) is 6.39. The van der Waals surface area contributed by atoms with E-state index in [2.05, 4.69) is 44.3 Å². The molecule has 1 aliphatic rings. The van der Waals surface area contributed by atoms with Crippen LogP contribution in [0.4, 0.5) is 10.1 Å². The second kappa shape index (κ2) is 7.55. The first-order chi connectivity index (χ1) is 12.8. The lowest BCUT2D eigenvalue weighted by atomic mass is 9.81. The van der Waals surface area contributed by atoms with E-state index < -0.39 is 0 Å². The lowest BCUT2D eigenvalue weighted by molar-refractivity contribution is -0.118. The van der Waals surface area contributed by atoms with Crippen molar-refractivity contribution in [1.82, 2.24) is 0 Å². The van der Waals surface area contributed by atoms with Gasteiger partial charge in [-0.15, -0.1) is 0 Å². The zero-order valence-corrected chi connectivity index (χ0v) is 16.3. The molecule has 0 aromatic heterocycles. The standard InChI is InChI=1S/C23H26FNO2/c1-5-15-9-10-16(12-21(15)27-4)20-11-17(14-23(20,2)3)22(26)25-19-8-6-7-18(24)13-19/h6-13,17H,5,14H2,1-4H3,(H,25,26). The normalized spacial score (nSPS) is 18.1. The number of ether oxygens (including phenoxy) is 1. The predicted octanol–water partition coefficient (Wildman–Crippen LogP) is 5.46. The van der Waals surface area contributed by atoms with Crippen LogP contribution in [0.25, 0.3) is 5.57 Å². The van der Waals surface area contributed by atoms with Crippen molar-refractivity contribution in [2.24, 2.45) is 11.3 Å². The van der Waals surface area contributed by atoms with Gasteiger partial charge in [-0.2, -0.15) is 0 Å². The molecule has 1 atom stereocenters. The van der Waals surface area contributed by atoms with E-state index in [4.69, 9.17) is 4.74 Å². The van der Waals surface area contributed by atoms with E-state index in [0.717, 1.165) is 28.9 Å². The molecular formula is C23H26FNO2. The average molecular weight is 367 g/mol. The van der Waals surface area contributed by atoms with E-state index >= 15 is 0 Å². The van der Waals surface area contributed by atoms with Crippen LogP contribution in [0.5, 0.6) is 5.75 Å². The van der Waals surface area contributed by atoms with Crippen LogP contribution in [0.1, 0.15) is 38.3 Å². The molecule has 3 nitrogen and oxygen atoms in total. The van der Waals surface area contributed by atoms with E-state index in [9.17, 15) is 9.18 Å². The summed E-state index contributed by atoms with van der Waals surface area (Å²) in [5.74, 6) is 0.147. The van der Waals surface area contributed by atoms with Crippen molar-refractivity contribution in [3.63, 3.8) is 0 Å². The summed E-state index contributed by atoms with van der Waals surface area (Å²) in [6.07, 6.45) is 3.65. The molecule has 0 heterocycles. The number of benzene rings is 2. The molecule has 2 aromatic carbocycles. The van der Waals surface area contributed by atoms with Crippen molar-refractivity contribution in [3.8, 4) is 5.75 Å². The number of halogens is 1. The fraction of sp³-hybridized carbons (Fsp3) is 0.348. The van der Waals surface area contributed by atoms with Crippen molar-refractivity contribution < 1.29 is 13.9 Å². The van der Waals surface area contributed by atoms with E-state index in [1.165, 1.54) is 12.1 Å². The van der Waals surface area contributed by atoms with Crippen LogP contribution < -0.4 is 10.1 Å². The van der Waals surface area contributed by atoms with Gasteiger partial charge in [0.25, 0.3) is 0 Å². The molecule has 27 heavy (non-hydrogen) atoms. The second-order valence-corrected chi connectivity index (χ2v) is 7.65. The average Bonchev–Trinajstić information content (AvgIpc) is 2.96. The van der Waals surface area contributed by atoms with Crippen LogP contribution in [0.2, 0.25) is 0 Å². The van der Waals surface area contributed by atoms with Crippen molar-refractivity contribution in [2.75, 3.05) is 12.4 Å². The van der Waals surface area contributed by atoms with Gasteiger partial charge in [0.2, 0.25) is 5.91 Å². The number of anilines is 1. The molecule has 142 valence electrons. The predicted molar refractivity (Wildman–Crippen MR) is 107 cm³/mol. The molecule has 1 aliphatic carbocycles. The molecule has 0 aliphatic heterocycles. The van der Waals surface area contributed by atoms with Gasteiger partial charge in [0, 0.05) is 5.69 Å². The summed E-state index contributed by atoms with van der Waals surface area (Å²) in [4.78, 5) is 12.7. The topological polar surface area (TPSA) is 38.3 Å². The van der Waals surface area contributed by atoms with Gasteiger partial charge < -0.3 is 10.1 Å². The molecule has 0 fully saturated rings. The summed E-state index contributed by atoms with van der Waals surface area (Å²) >= 11 is 0. The van der Waals surface area contributed by atoms with Crippen LogP contribution >= 0.6 is 0 Å². The molecule has 1 N–H and O–H groups in total. The molecule has 0 saturated carbocycles. The minimum atomic E-state index is -0.362. The van der Waals surface area contributed by atoms with Crippen LogP contribution in [-0.4, -0.2) is 13.0 Å². The highest BCUT2D eigenvalue weighted by atomic mass is 19.1. The number of allylic oxidation sites excluding steroid dienone is 1. The Hall–Kier alpha value is -2.62. The molecule has 0 radical (unpaired) electrons. The third-order valence-corrected chi connectivity index (χ3v) is 5.24. The molecule has 1 unspecified atom stereocenters. The maximum Gasteiger partial charge on any atom is 0.231 e. The summed E-state index contributed by atoms with van der Waals surface area (Å²) < 4.78 is 18.9. The smallest absolute Gasteiger partial charge is 0.231 e. The lowest BCUT2D eigenvalue weighted by Crippen LogP contribution is -2.22. The first kappa shape index (κ1) is 19.2. The molecule has 0 bridgehead atoms. The van der Waals surface area contributed by atoms with Gasteiger partial charge >= 0.3 is 0 Å². The van der Waals surface area contributed by atoms with Gasteiger partial charge in [0.05, 0.1) is 13.0 Å². The minimum Gasteiger partial charge on any atom is -0.496 e. The zero-order chi connectivity index (χ0) is 19.6. The number of carbonyl (C=O) groups is 1. The fourth-order valence-electron chi connectivity index (χ4n) is 3.81. The highest BCUT2D eigenvalue weighted by molar-refractivity contribution is 5.96. The number of nitrogens with one attached hydrogen (secondary N) is 1. The number of amides is 1. The third kappa shape index (κ3) is 4.05. The third-order valence-electron chi connectivity index (χ3n) is 5.24. The Morgan fingerprint density at radius 1 is 1.26 bits per heavy atom. The first-order valence-electron chi connectivity index (χ1n) is 9.30. The summed E-state index contributed by atoms with van der Waals surface area (Å²) in [5.41, 5.74) is 3.73. The number of carbonyl (C=O) groups excluding carboxylic acids is 1. The summed E-state index contributed by atoms with van der Waals surface area (Å²) in [6, 6.07) is 12.2. The Morgan fingerprint density at radius 3 is 2.70 bits per heavy atom. The monoisotopic (exact) mass is 367 g/mol. The van der Waals surface area contributed by atoms with Gasteiger partial charge in [-0.1, -0.05) is 45.0 Å². The van der Waals surface area contributed by atoms with Crippen LogP contribution in [0.15, 0.2) is 48.5 Å². The molecule has 3 rings (SSSR count). The van der Waals surface area contributed by atoms with Crippen molar-refractivity contribution in [3.05, 3.63) is 65.5 Å². The highest BCUT2D eigenvalue weighted by Crippen LogP contribution is 2.47. The Morgan fingerprint density at radius 2 is 2.04 bits per heavy atom. The quantitative estimate of drug-likeness (QED) is 0.761. The molecule has 0 saturated heterocycles. The lowest BCUT2D eigenvalue weighted by Gasteiger charge is -2.24. The molecule has 0 spiro atoms. The van der Waals surface area contributed by atoms with Crippen LogP contribution in [-0.2, 0) is 11.2 Å². The van der Waals surface area contributed by atoms with Gasteiger partial charge in [0.15, 0.2) is 0 Å². The van der Waals surface area contributed by atoms with Crippen molar-refractivity contribution in [2.45, 2.75) is 33.6 Å². The van der Waals surface area contributed by atoms with E-state index in [1.807, 2.05) is 6.08 Å². The number of rotatable bonds is 5. The Labute approximate surface area is 160 Å². The molecule has 4 heteroatoms. The second-order valence-electron chi connectivity index (χ2n) is 7.65.